The highest BCUT2D eigenvalue weighted by Crippen LogP contribution is 2.15. The van der Waals surface area contributed by atoms with Gasteiger partial charge in [0.25, 0.3) is 0 Å². The molecule has 8 heteroatoms. The third-order valence-electron chi connectivity index (χ3n) is 2.87. The second kappa shape index (κ2) is 11.5. The van der Waals surface area contributed by atoms with Crippen LogP contribution in [0.1, 0.15) is 20.8 Å². The van der Waals surface area contributed by atoms with Crippen LogP contribution in [0.25, 0.3) is 0 Å². The van der Waals surface area contributed by atoms with Crippen LogP contribution in [0.2, 0.25) is 0 Å². The lowest BCUT2D eigenvalue weighted by atomic mass is 10.2. The first kappa shape index (κ1) is 23.0. The molecule has 1 aromatic carbocycles. The highest BCUT2D eigenvalue weighted by Gasteiger charge is 2.06. The molecule has 0 fully saturated rings. The summed E-state index contributed by atoms with van der Waals surface area (Å²) < 4.78 is 28.3. The molecule has 6 nitrogen and oxygen atoms in total. The third kappa shape index (κ3) is 9.31. The summed E-state index contributed by atoms with van der Waals surface area (Å²) in [5.41, 5.74) is 0. The molecule has 0 spiro atoms. The van der Waals surface area contributed by atoms with E-state index in [-0.39, 0.29) is 24.0 Å². The monoisotopic (exact) mass is 469 g/mol. The van der Waals surface area contributed by atoms with Crippen molar-refractivity contribution in [1.29, 1.82) is 0 Å². The van der Waals surface area contributed by atoms with Crippen molar-refractivity contribution < 1.29 is 13.2 Å². The number of aliphatic imine (C=N–C) groups is 1. The predicted molar refractivity (Wildman–Crippen MR) is 109 cm³/mol. The lowest BCUT2D eigenvalue weighted by molar-refractivity contribution is 0.321. The van der Waals surface area contributed by atoms with Crippen molar-refractivity contribution in [3.63, 3.8) is 0 Å². The maximum Gasteiger partial charge on any atom is 0.191 e. The average molecular weight is 469 g/mol. The minimum Gasteiger partial charge on any atom is -0.492 e. The molecule has 0 aliphatic rings. The first-order valence-corrected chi connectivity index (χ1v) is 9.67. The van der Waals surface area contributed by atoms with E-state index in [1.54, 1.807) is 24.3 Å². The van der Waals surface area contributed by atoms with Gasteiger partial charge in [0, 0.05) is 19.3 Å². The number of halogens is 1. The first-order valence-electron chi connectivity index (χ1n) is 7.78. The van der Waals surface area contributed by atoms with E-state index in [2.05, 4.69) is 29.5 Å². The van der Waals surface area contributed by atoms with Gasteiger partial charge in [0.05, 0.1) is 11.4 Å². The Balaban J connectivity index is 0.00000529. The molecule has 0 aromatic heterocycles. The molecule has 0 unspecified atom stereocenters. The molecule has 0 atom stereocenters. The first-order chi connectivity index (χ1) is 10.8. The Hall–Kier alpha value is -1.03. The summed E-state index contributed by atoms with van der Waals surface area (Å²) in [6.07, 6.45) is 1.19. The minimum absolute atomic E-state index is 0. The number of hydrogen-bond donors (Lipinski definition) is 2. The van der Waals surface area contributed by atoms with Crippen molar-refractivity contribution in [2.45, 2.75) is 25.7 Å². The minimum atomic E-state index is -3.17. The van der Waals surface area contributed by atoms with Gasteiger partial charge in [0.2, 0.25) is 0 Å². The van der Waals surface area contributed by atoms with E-state index in [9.17, 15) is 8.42 Å². The molecule has 0 saturated heterocycles. The van der Waals surface area contributed by atoms with Crippen LogP contribution < -0.4 is 15.4 Å². The van der Waals surface area contributed by atoms with Gasteiger partial charge in [0.1, 0.15) is 12.4 Å². The summed E-state index contributed by atoms with van der Waals surface area (Å²) in [5, 5.41) is 6.38. The number of guanidine groups is 1. The molecular weight excluding hydrogens is 441 g/mol. The Morgan fingerprint density at radius 1 is 1.21 bits per heavy atom. The van der Waals surface area contributed by atoms with Crippen LogP contribution >= 0.6 is 24.0 Å². The van der Waals surface area contributed by atoms with E-state index >= 15 is 0 Å². The molecule has 0 aliphatic carbocycles. The summed E-state index contributed by atoms with van der Waals surface area (Å²) in [7, 11) is -3.17. The van der Waals surface area contributed by atoms with E-state index < -0.39 is 9.84 Å². The number of benzene rings is 1. The number of nitrogens with one attached hydrogen (secondary N) is 2. The summed E-state index contributed by atoms with van der Waals surface area (Å²) in [6, 6.07) is 6.42. The summed E-state index contributed by atoms with van der Waals surface area (Å²) in [5.74, 6) is 1.93. The Kier molecular flexibility index (Phi) is 11.0. The molecule has 0 amide bonds. The SMILES string of the molecule is CCNC(=NCC(C)C)NCCOc1ccc(S(C)(=O)=O)cc1.I. The van der Waals surface area contributed by atoms with Crippen molar-refractivity contribution in [2.75, 3.05) is 32.5 Å². The molecule has 1 aromatic rings. The van der Waals surface area contributed by atoms with Gasteiger partial charge in [-0.15, -0.1) is 24.0 Å². The van der Waals surface area contributed by atoms with E-state index in [0.717, 1.165) is 19.0 Å². The average Bonchev–Trinajstić information content (AvgIpc) is 2.48. The van der Waals surface area contributed by atoms with E-state index in [4.69, 9.17) is 4.74 Å². The van der Waals surface area contributed by atoms with Crippen LogP contribution in [-0.2, 0) is 9.84 Å². The summed E-state index contributed by atoms with van der Waals surface area (Å²) >= 11 is 0. The molecule has 0 radical (unpaired) electrons. The zero-order chi connectivity index (χ0) is 17.3. The van der Waals surface area contributed by atoms with E-state index in [0.29, 0.717) is 29.7 Å². The number of nitrogens with zero attached hydrogens (tertiary/aromatic N) is 1. The van der Waals surface area contributed by atoms with Crippen molar-refractivity contribution in [3.8, 4) is 5.75 Å². The Bertz CT molecular complexity index is 601. The normalized spacial score (nSPS) is 11.8. The molecule has 24 heavy (non-hydrogen) atoms. The van der Waals surface area contributed by atoms with Crippen molar-refractivity contribution in [2.24, 2.45) is 10.9 Å². The highest BCUT2D eigenvalue weighted by atomic mass is 127. The van der Waals surface area contributed by atoms with Gasteiger partial charge in [-0.2, -0.15) is 0 Å². The van der Waals surface area contributed by atoms with Crippen LogP contribution in [0, 0.1) is 5.92 Å². The highest BCUT2D eigenvalue weighted by molar-refractivity contribution is 14.0. The maximum absolute atomic E-state index is 11.4. The van der Waals surface area contributed by atoms with E-state index in [1.165, 1.54) is 6.26 Å². The molecule has 0 heterocycles. The quantitative estimate of drug-likeness (QED) is 0.265. The molecule has 138 valence electrons. The maximum atomic E-state index is 11.4. The van der Waals surface area contributed by atoms with E-state index in [1.807, 2.05) is 6.92 Å². The van der Waals surface area contributed by atoms with Gasteiger partial charge < -0.3 is 15.4 Å². The molecule has 0 bridgehead atoms. The fraction of sp³-hybridized carbons (Fsp3) is 0.562. The zero-order valence-electron chi connectivity index (χ0n) is 14.7. The van der Waals surface area contributed by atoms with Gasteiger partial charge >= 0.3 is 0 Å². The van der Waals surface area contributed by atoms with Crippen molar-refractivity contribution >= 4 is 39.8 Å². The largest absolute Gasteiger partial charge is 0.492 e. The number of rotatable bonds is 8. The predicted octanol–water partition coefficient (Wildman–Crippen LogP) is 2.30. The Labute approximate surface area is 162 Å². The smallest absolute Gasteiger partial charge is 0.191 e. The number of ether oxygens (including phenoxy) is 1. The molecule has 0 saturated carbocycles. The summed E-state index contributed by atoms with van der Waals surface area (Å²) in [6.45, 7) is 8.90. The third-order valence-corrected chi connectivity index (χ3v) is 4.00. The van der Waals surface area contributed by atoms with Gasteiger partial charge in [-0.3, -0.25) is 4.99 Å². The van der Waals surface area contributed by atoms with Crippen LogP contribution in [0.5, 0.6) is 5.75 Å². The van der Waals surface area contributed by atoms with Crippen LogP contribution in [-0.4, -0.2) is 46.9 Å². The zero-order valence-corrected chi connectivity index (χ0v) is 17.9. The molecule has 2 N–H and O–H groups in total. The molecule has 1 rings (SSSR count). The second-order valence-corrected chi connectivity index (χ2v) is 7.65. The fourth-order valence-corrected chi connectivity index (χ4v) is 2.37. The summed E-state index contributed by atoms with van der Waals surface area (Å²) in [4.78, 5) is 4.76. The van der Waals surface area contributed by atoms with Crippen LogP contribution in [0.3, 0.4) is 0 Å². The van der Waals surface area contributed by atoms with Gasteiger partial charge in [-0.25, -0.2) is 8.42 Å². The Morgan fingerprint density at radius 2 is 1.83 bits per heavy atom. The lowest BCUT2D eigenvalue weighted by Gasteiger charge is -2.12. The van der Waals surface area contributed by atoms with Gasteiger partial charge in [-0.05, 0) is 37.1 Å². The molecular formula is C16H28IN3O3S. The topological polar surface area (TPSA) is 79.8 Å². The van der Waals surface area contributed by atoms with Crippen LogP contribution in [0.15, 0.2) is 34.2 Å². The van der Waals surface area contributed by atoms with Crippen LogP contribution in [0.4, 0.5) is 0 Å². The Morgan fingerprint density at radius 3 is 2.33 bits per heavy atom. The van der Waals surface area contributed by atoms with Crippen molar-refractivity contribution in [3.05, 3.63) is 24.3 Å². The number of hydrogen-bond acceptors (Lipinski definition) is 4. The lowest BCUT2D eigenvalue weighted by Crippen LogP contribution is -2.39. The second-order valence-electron chi connectivity index (χ2n) is 5.63. The van der Waals surface area contributed by atoms with Crippen molar-refractivity contribution in [1.82, 2.24) is 10.6 Å². The standard InChI is InChI=1S/C16H27N3O3S.HI/c1-5-17-16(19-12-13(2)3)18-10-11-22-14-6-8-15(9-7-14)23(4,20)21;/h6-9,13H,5,10-12H2,1-4H3,(H2,17,18,19);1H. The fourth-order valence-electron chi connectivity index (χ4n) is 1.74. The van der Waals surface area contributed by atoms with Gasteiger partial charge in [0.15, 0.2) is 15.8 Å². The van der Waals surface area contributed by atoms with Gasteiger partial charge in [-0.1, -0.05) is 13.8 Å². The molecule has 0 aliphatic heterocycles. The number of sulfone groups is 1.